The number of nitrogens with one attached hydrogen (secondary N) is 1. The van der Waals surface area contributed by atoms with Gasteiger partial charge in [0, 0.05) is 6.20 Å². The van der Waals surface area contributed by atoms with Crippen LogP contribution in [0.1, 0.15) is 16.5 Å². The topological polar surface area (TPSA) is 41.6 Å². The Labute approximate surface area is 83.8 Å². The first kappa shape index (κ1) is 7.97. The number of hydrogen-bond donors (Lipinski definition) is 1. The van der Waals surface area contributed by atoms with Crippen LogP contribution < -0.4 is 0 Å². The number of halogens is 1. The molecule has 2 aromatic rings. The van der Waals surface area contributed by atoms with Gasteiger partial charge in [0.05, 0.1) is 21.5 Å². The minimum atomic E-state index is 0.398. The summed E-state index contributed by atoms with van der Waals surface area (Å²) in [5.41, 5.74) is 3.09. The molecular weight excluding hydrogens is 265 g/mol. The van der Waals surface area contributed by atoms with Crippen molar-refractivity contribution in [3.05, 3.63) is 24.3 Å². The molecule has 0 aliphatic heterocycles. The minimum absolute atomic E-state index is 0.398. The molecule has 0 fully saturated rings. The monoisotopic (exact) mass is 273 g/mol. The van der Waals surface area contributed by atoms with Crippen LogP contribution in [0.4, 0.5) is 0 Å². The highest BCUT2D eigenvalue weighted by Crippen LogP contribution is 2.25. The van der Waals surface area contributed by atoms with Crippen LogP contribution in [-0.4, -0.2) is 15.0 Å². The molecule has 1 atom stereocenters. The third-order valence-electron chi connectivity index (χ3n) is 1.74. The highest BCUT2D eigenvalue weighted by molar-refractivity contribution is 14.1. The zero-order valence-electron chi connectivity index (χ0n) is 6.58. The summed E-state index contributed by atoms with van der Waals surface area (Å²) >= 11 is 2.34. The number of nitrogens with zero attached hydrogens (tertiary/aromatic N) is 2. The average Bonchev–Trinajstić information content (AvgIpc) is 2.49. The molecule has 0 spiro atoms. The maximum atomic E-state index is 4.29. The van der Waals surface area contributed by atoms with Gasteiger partial charge in [0.1, 0.15) is 5.52 Å². The van der Waals surface area contributed by atoms with Gasteiger partial charge >= 0.3 is 0 Å². The molecule has 0 aliphatic rings. The van der Waals surface area contributed by atoms with Gasteiger partial charge in [-0.05, 0) is 13.0 Å². The lowest BCUT2D eigenvalue weighted by Gasteiger charge is -2.01. The van der Waals surface area contributed by atoms with Crippen LogP contribution in [0.25, 0.3) is 11.0 Å². The quantitative estimate of drug-likeness (QED) is 0.640. The van der Waals surface area contributed by atoms with Gasteiger partial charge in [-0.1, -0.05) is 22.6 Å². The Morgan fingerprint density at radius 3 is 3.08 bits per heavy atom. The molecule has 0 saturated carbocycles. The lowest BCUT2D eigenvalue weighted by atomic mass is 10.2. The van der Waals surface area contributed by atoms with Crippen LogP contribution >= 0.6 is 22.6 Å². The second kappa shape index (κ2) is 3.01. The zero-order valence-corrected chi connectivity index (χ0v) is 8.74. The largest absolute Gasteiger partial charge is 0.344 e. The molecule has 62 valence electrons. The van der Waals surface area contributed by atoms with Crippen molar-refractivity contribution in [3.63, 3.8) is 0 Å². The van der Waals surface area contributed by atoms with E-state index in [0.29, 0.717) is 3.92 Å². The first-order valence-electron chi connectivity index (χ1n) is 3.71. The van der Waals surface area contributed by atoms with Gasteiger partial charge in [-0.2, -0.15) is 0 Å². The molecular formula is C8H8IN3. The van der Waals surface area contributed by atoms with Gasteiger partial charge < -0.3 is 4.98 Å². The fraction of sp³-hybridized carbons (Fsp3) is 0.250. The second-order valence-electron chi connectivity index (χ2n) is 2.61. The van der Waals surface area contributed by atoms with Crippen molar-refractivity contribution in [1.82, 2.24) is 15.0 Å². The number of H-pyrrole nitrogens is 1. The Kier molecular flexibility index (Phi) is 2.00. The number of rotatable bonds is 1. The standard InChI is InChI=1S/C8H8IN3/c1-5(9)7-8-6(2-3-10-7)11-4-12-8/h2-5H,1H3,(H,11,12). The number of hydrogen-bond acceptors (Lipinski definition) is 2. The number of aromatic amines is 1. The van der Waals surface area contributed by atoms with Crippen molar-refractivity contribution in [2.75, 3.05) is 0 Å². The van der Waals surface area contributed by atoms with Crippen molar-refractivity contribution in [3.8, 4) is 0 Å². The van der Waals surface area contributed by atoms with Crippen LogP contribution in [0.3, 0.4) is 0 Å². The van der Waals surface area contributed by atoms with E-state index in [1.807, 2.05) is 12.3 Å². The predicted octanol–water partition coefficient (Wildman–Crippen LogP) is 2.45. The molecule has 2 rings (SSSR count). The molecule has 0 radical (unpaired) electrons. The Balaban J connectivity index is 2.73. The molecule has 12 heavy (non-hydrogen) atoms. The number of aromatic nitrogens is 3. The van der Waals surface area contributed by atoms with Gasteiger partial charge in [0.15, 0.2) is 0 Å². The summed E-state index contributed by atoms with van der Waals surface area (Å²) < 4.78 is 0.398. The molecule has 0 aliphatic carbocycles. The van der Waals surface area contributed by atoms with E-state index >= 15 is 0 Å². The number of imidazole rings is 1. The van der Waals surface area contributed by atoms with E-state index in [-0.39, 0.29) is 0 Å². The maximum Gasteiger partial charge on any atom is 0.111 e. The van der Waals surface area contributed by atoms with Gasteiger partial charge in [-0.15, -0.1) is 0 Å². The highest BCUT2D eigenvalue weighted by atomic mass is 127. The number of fused-ring (bicyclic) bond motifs is 1. The summed E-state index contributed by atoms with van der Waals surface area (Å²) in [5, 5.41) is 0. The molecule has 2 aromatic heterocycles. The highest BCUT2D eigenvalue weighted by Gasteiger charge is 2.08. The lowest BCUT2D eigenvalue weighted by Crippen LogP contribution is -1.90. The molecule has 4 heteroatoms. The lowest BCUT2D eigenvalue weighted by molar-refractivity contribution is 1.06. The second-order valence-corrected chi connectivity index (χ2v) is 4.48. The van der Waals surface area contributed by atoms with E-state index in [2.05, 4.69) is 44.5 Å². The van der Waals surface area contributed by atoms with Crippen LogP contribution in [-0.2, 0) is 0 Å². The Bertz CT molecular complexity index is 394. The van der Waals surface area contributed by atoms with Crippen LogP contribution in [0.5, 0.6) is 0 Å². The fourth-order valence-corrected chi connectivity index (χ4v) is 1.64. The Morgan fingerprint density at radius 1 is 1.50 bits per heavy atom. The molecule has 0 bridgehead atoms. The van der Waals surface area contributed by atoms with Crippen LogP contribution in [0.2, 0.25) is 0 Å². The van der Waals surface area contributed by atoms with Gasteiger partial charge in [0.25, 0.3) is 0 Å². The van der Waals surface area contributed by atoms with Crippen molar-refractivity contribution in [2.24, 2.45) is 0 Å². The number of pyridine rings is 1. The predicted molar refractivity (Wildman–Crippen MR) is 56.3 cm³/mol. The van der Waals surface area contributed by atoms with Crippen molar-refractivity contribution < 1.29 is 0 Å². The van der Waals surface area contributed by atoms with E-state index in [1.54, 1.807) is 6.33 Å². The smallest absolute Gasteiger partial charge is 0.111 e. The van der Waals surface area contributed by atoms with Crippen molar-refractivity contribution in [1.29, 1.82) is 0 Å². The van der Waals surface area contributed by atoms with E-state index in [1.165, 1.54) is 0 Å². The fourth-order valence-electron chi connectivity index (χ4n) is 1.18. The van der Waals surface area contributed by atoms with Gasteiger partial charge in [0.2, 0.25) is 0 Å². The summed E-state index contributed by atoms with van der Waals surface area (Å²) in [6.45, 7) is 2.11. The average molecular weight is 273 g/mol. The Hall–Kier alpha value is -0.650. The van der Waals surface area contributed by atoms with Gasteiger partial charge in [-0.25, -0.2) is 4.98 Å². The van der Waals surface area contributed by atoms with Gasteiger partial charge in [-0.3, -0.25) is 4.98 Å². The normalized spacial score (nSPS) is 13.5. The molecule has 3 nitrogen and oxygen atoms in total. The third-order valence-corrected chi connectivity index (χ3v) is 2.33. The molecule has 2 heterocycles. The summed E-state index contributed by atoms with van der Waals surface area (Å²) in [6, 6.07) is 1.94. The van der Waals surface area contributed by atoms with E-state index < -0.39 is 0 Å². The van der Waals surface area contributed by atoms with Crippen LogP contribution in [0, 0.1) is 0 Å². The van der Waals surface area contributed by atoms with E-state index in [4.69, 9.17) is 0 Å². The van der Waals surface area contributed by atoms with Crippen LogP contribution in [0.15, 0.2) is 18.6 Å². The third kappa shape index (κ3) is 1.20. The maximum absolute atomic E-state index is 4.29. The zero-order chi connectivity index (χ0) is 8.55. The molecule has 0 amide bonds. The first-order valence-corrected chi connectivity index (χ1v) is 4.95. The van der Waals surface area contributed by atoms with Crippen molar-refractivity contribution >= 4 is 33.6 Å². The van der Waals surface area contributed by atoms with Crippen molar-refractivity contribution in [2.45, 2.75) is 10.8 Å². The molecule has 1 N–H and O–H groups in total. The summed E-state index contributed by atoms with van der Waals surface area (Å²) in [5.74, 6) is 0. The molecule has 0 aromatic carbocycles. The molecule has 0 saturated heterocycles. The van der Waals surface area contributed by atoms with E-state index in [9.17, 15) is 0 Å². The van der Waals surface area contributed by atoms with E-state index in [0.717, 1.165) is 16.7 Å². The SMILES string of the molecule is CC(I)c1nccc2[nH]cnc12. The summed E-state index contributed by atoms with van der Waals surface area (Å²) in [7, 11) is 0. The summed E-state index contributed by atoms with van der Waals surface area (Å²) in [4.78, 5) is 11.6. The number of alkyl halides is 1. The minimum Gasteiger partial charge on any atom is -0.344 e. The summed E-state index contributed by atoms with van der Waals surface area (Å²) in [6.07, 6.45) is 3.51. The first-order chi connectivity index (χ1) is 5.79. The molecule has 1 unspecified atom stereocenters. The Morgan fingerprint density at radius 2 is 2.33 bits per heavy atom.